The van der Waals surface area contributed by atoms with Gasteiger partial charge in [0.1, 0.15) is 36.7 Å². The number of hydrogen-bond acceptors (Lipinski definition) is 12. The van der Waals surface area contributed by atoms with E-state index in [0.29, 0.717) is 24.6 Å². The van der Waals surface area contributed by atoms with Gasteiger partial charge in [0.2, 0.25) is 0 Å². The van der Waals surface area contributed by atoms with Gasteiger partial charge in [-0.15, -0.1) is 11.8 Å². The van der Waals surface area contributed by atoms with Crippen molar-refractivity contribution in [3.05, 3.63) is 136 Å². The molecule has 58 heavy (non-hydrogen) atoms. The number of carbonyl (C=O) groups is 2. The summed E-state index contributed by atoms with van der Waals surface area (Å²) in [5, 5.41) is 21.7. The van der Waals surface area contributed by atoms with Gasteiger partial charge >= 0.3 is 11.9 Å². The van der Waals surface area contributed by atoms with Crippen molar-refractivity contribution in [1.82, 2.24) is 19.7 Å². The van der Waals surface area contributed by atoms with E-state index in [9.17, 15) is 23.6 Å². The van der Waals surface area contributed by atoms with Crippen molar-refractivity contribution in [2.24, 2.45) is 0 Å². The Kier molecular flexibility index (Phi) is 15.4. The lowest BCUT2D eigenvalue weighted by Gasteiger charge is -2.40. The van der Waals surface area contributed by atoms with Gasteiger partial charge in [0.15, 0.2) is 11.9 Å². The Morgan fingerprint density at radius 3 is 2.45 bits per heavy atom. The number of halogens is 3. The fourth-order valence-electron chi connectivity index (χ4n) is 6.08. The monoisotopic (exact) mass is 814 g/mol. The minimum atomic E-state index is -1.88. The van der Waals surface area contributed by atoms with Crippen LogP contribution < -0.4 is 0 Å². The first-order valence-corrected chi connectivity index (χ1v) is 19.1. The van der Waals surface area contributed by atoms with Gasteiger partial charge < -0.3 is 23.8 Å². The lowest BCUT2D eigenvalue weighted by Crippen LogP contribution is -2.47. The molecule has 16 heteroatoms. The van der Waals surface area contributed by atoms with Gasteiger partial charge in [0, 0.05) is 34.4 Å². The molecular weight excluding hydrogens is 774 g/mol. The number of nitrogens with zero attached hydrogens (tertiary/aromatic N) is 6. The molecule has 0 N–H and O–H groups in total. The van der Waals surface area contributed by atoms with E-state index >= 15 is 4.39 Å². The zero-order valence-electron chi connectivity index (χ0n) is 32.0. The van der Waals surface area contributed by atoms with Crippen molar-refractivity contribution in [2.75, 3.05) is 33.9 Å². The van der Waals surface area contributed by atoms with Gasteiger partial charge in [0.25, 0.3) is 0 Å². The second kappa shape index (κ2) is 20.6. The molecule has 2 heterocycles. The van der Waals surface area contributed by atoms with Crippen LogP contribution in [0.1, 0.15) is 57.9 Å². The molecule has 0 saturated carbocycles. The highest BCUT2D eigenvalue weighted by molar-refractivity contribution is 8.00. The minimum absolute atomic E-state index is 0.0854. The van der Waals surface area contributed by atoms with Crippen LogP contribution in [0.5, 0.6) is 0 Å². The van der Waals surface area contributed by atoms with Crippen molar-refractivity contribution in [3.8, 4) is 12.1 Å². The van der Waals surface area contributed by atoms with E-state index in [4.69, 9.17) is 24.2 Å². The quantitative estimate of drug-likeness (QED) is 0.0823. The third-order valence-corrected chi connectivity index (χ3v) is 10.5. The molecule has 0 aliphatic carbocycles. The van der Waals surface area contributed by atoms with Crippen molar-refractivity contribution in [2.45, 2.75) is 55.3 Å². The Hall–Kier alpha value is -5.78. The highest BCUT2D eigenvalue weighted by Gasteiger charge is 2.47. The molecule has 0 unspecified atom stereocenters. The largest absolute Gasteiger partial charge is 0.461 e. The van der Waals surface area contributed by atoms with E-state index in [1.807, 2.05) is 31.1 Å². The van der Waals surface area contributed by atoms with Crippen LogP contribution in [0.4, 0.5) is 13.2 Å². The van der Waals surface area contributed by atoms with Crippen LogP contribution in [-0.2, 0) is 42.5 Å². The fourth-order valence-corrected chi connectivity index (χ4v) is 7.44. The molecule has 302 valence electrons. The predicted octanol–water partition coefficient (Wildman–Crippen LogP) is 6.71. The summed E-state index contributed by atoms with van der Waals surface area (Å²) in [6, 6.07) is 15.3. The average Bonchev–Trinajstić information content (AvgIpc) is 3.72. The molecular formula is C42H41F3N6O6S. The van der Waals surface area contributed by atoms with E-state index < -0.39 is 46.5 Å². The summed E-state index contributed by atoms with van der Waals surface area (Å²) in [4.78, 5) is 32.9. The fraction of sp³-hybridized carbons (Fsp3) is 0.333. The van der Waals surface area contributed by atoms with Crippen molar-refractivity contribution < 1.29 is 41.7 Å². The Balaban J connectivity index is 1.38. The highest BCUT2D eigenvalue weighted by Crippen LogP contribution is 2.42. The van der Waals surface area contributed by atoms with Gasteiger partial charge in [-0.25, -0.2) is 27.6 Å². The number of ether oxygens (including phenoxy) is 4. The van der Waals surface area contributed by atoms with E-state index in [2.05, 4.69) is 10.1 Å². The first-order chi connectivity index (χ1) is 27.9. The molecule has 2 atom stereocenters. The second-order valence-electron chi connectivity index (χ2n) is 13.6. The lowest BCUT2D eigenvalue weighted by atomic mass is 9.89. The zero-order chi connectivity index (χ0) is 41.7. The number of carbonyl (C=O) groups excluding carboxylic acids is 2. The second-order valence-corrected chi connectivity index (χ2v) is 15.2. The van der Waals surface area contributed by atoms with Crippen LogP contribution in [0.3, 0.4) is 0 Å². The summed E-state index contributed by atoms with van der Waals surface area (Å²) in [6.45, 7) is 2.19. The number of rotatable bonds is 17. The Bertz CT molecular complexity index is 2200. The molecule has 1 aromatic heterocycles. The average molecular weight is 815 g/mol. The smallest absolute Gasteiger partial charge is 0.339 e. The van der Waals surface area contributed by atoms with Crippen LogP contribution >= 0.6 is 11.8 Å². The molecule has 4 aromatic rings. The molecule has 5 rings (SSSR count). The lowest BCUT2D eigenvalue weighted by molar-refractivity contribution is -0.146. The van der Waals surface area contributed by atoms with Crippen LogP contribution in [0.2, 0.25) is 0 Å². The SMILES string of the molecule is C[C@@H](SC1COC(C=CC=Cc2ccc(C#N)cc2F)OC1)[C@@](Cn1cncn1)(OC(=O)c1cc(C#N)ccc1COC(=O)CCCN(C)C)c1ccc(F)cc1F. The molecule has 1 fully saturated rings. The maximum atomic E-state index is 16.0. The minimum Gasteiger partial charge on any atom is -0.461 e. The molecule has 3 aromatic carbocycles. The van der Waals surface area contributed by atoms with Gasteiger partial charge in [-0.1, -0.05) is 30.4 Å². The number of esters is 2. The van der Waals surface area contributed by atoms with Crippen molar-refractivity contribution >= 4 is 29.8 Å². The van der Waals surface area contributed by atoms with E-state index in [-0.39, 0.29) is 65.9 Å². The van der Waals surface area contributed by atoms with Gasteiger partial charge in [0.05, 0.1) is 53.8 Å². The molecule has 0 bridgehead atoms. The normalized spacial score (nSPS) is 17.1. The first-order valence-electron chi connectivity index (χ1n) is 18.2. The number of allylic oxidation sites excluding steroid dienone is 2. The van der Waals surface area contributed by atoms with Crippen LogP contribution in [0, 0.1) is 40.1 Å². The van der Waals surface area contributed by atoms with Crippen LogP contribution in [0.15, 0.2) is 85.5 Å². The maximum Gasteiger partial charge on any atom is 0.339 e. The highest BCUT2D eigenvalue weighted by atomic mass is 32.2. The predicted molar refractivity (Wildman–Crippen MR) is 208 cm³/mol. The first kappa shape index (κ1) is 43.3. The summed E-state index contributed by atoms with van der Waals surface area (Å²) >= 11 is 1.29. The van der Waals surface area contributed by atoms with Gasteiger partial charge in [-0.2, -0.15) is 15.6 Å². The summed E-state index contributed by atoms with van der Waals surface area (Å²) < 4.78 is 69.7. The molecule has 1 saturated heterocycles. The summed E-state index contributed by atoms with van der Waals surface area (Å²) in [5.74, 6) is -3.79. The van der Waals surface area contributed by atoms with Crippen LogP contribution in [-0.4, -0.2) is 82.2 Å². The third kappa shape index (κ3) is 11.6. The Morgan fingerprint density at radius 2 is 1.78 bits per heavy atom. The van der Waals surface area contributed by atoms with E-state index in [1.165, 1.54) is 65.5 Å². The summed E-state index contributed by atoms with van der Waals surface area (Å²) in [7, 11) is 3.77. The Morgan fingerprint density at radius 1 is 1.03 bits per heavy atom. The van der Waals surface area contributed by atoms with E-state index in [1.54, 1.807) is 31.2 Å². The molecule has 1 aliphatic heterocycles. The molecule has 0 amide bonds. The molecule has 12 nitrogen and oxygen atoms in total. The van der Waals surface area contributed by atoms with Crippen LogP contribution in [0.25, 0.3) is 6.08 Å². The summed E-state index contributed by atoms with van der Waals surface area (Å²) in [6.07, 6.45) is 9.04. The van der Waals surface area contributed by atoms with Gasteiger partial charge in [-0.3, -0.25) is 4.79 Å². The molecule has 0 spiro atoms. The molecule has 1 aliphatic rings. The summed E-state index contributed by atoms with van der Waals surface area (Å²) in [5.41, 5.74) is -1.21. The van der Waals surface area contributed by atoms with E-state index in [0.717, 1.165) is 12.1 Å². The number of hydrogen-bond donors (Lipinski definition) is 0. The number of nitriles is 2. The Labute approximate surface area is 338 Å². The number of benzene rings is 3. The zero-order valence-corrected chi connectivity index (χ0v) is 32.8. The van der Waals surface area contributed by atoms with Crippen molar-refractivity contribution in [1.29, 1.82) is 10.5 Å². The maximum absolute atomic E-state index is 16.0. The van der Waals surface area contributed by atoms with Crippen molar-refractivity contribution in [3.63, 3.8) is 0 Å². The number of thioether (sulfide) groups is 1. The van der Waals surface area contributed by atoms with Gasteiger partial charge in [-0.05, 0) is 76.5 Å². The third-order valence-electron chi connectivity index (χ3n) is 9.09. The topological polar surface area (TPSA) is 153 Å². The molecule has 0 radical (unpaired) electrons. The number of aromatic nitrogens is 3. The standard InChI is InChI=1S/C42H41F3N6O6S/c1-28(58-34-23-55-40(56-24-34)9-5-4-7-31-12-10-30(21-47)18-37(31)44)42(25-51-27-48-26-49-51,36-15-14-33(43)19-38(36)45)57-41(53)35-17-29(20-46)11-13-32(35)22-54-39(52)8-6-16-50(2)3/h4-5,7,9-15,17-19,26-28,34,40H,6,8,16,22-25H2,1-3H3/t28-,34?,40?,42-/m1/s1.